The van der Waals surface area contributed by atoms with Crippen LogP contribution in [0, 0.1) is 10.1 Å². The molecule has 0 bridgehead atoms. The molecule has 30 heavy (non-hydrogen) atoms. The van der Waals surface area contributed by atoms with E-state index in [0.29, 0.717) is 12.1 Å². The molecule has 0 radical (unpaired) electrons. The van der Waals surface area contributed by atoms with Gasteiger partial charge in [-0.2, -0.15) is 31.0 Å². The number of rotatable bonds is 4. The van der Waals surface area contributed by atoms with E-state index in [4.69, 9.17) is 0 Å². The predicted octanol–water partition coefficient (Wildman–Crippen LogP) is 4.34. The maximum absolute atomic E-state index is 13.1. The van der Waals surface area contributed by atoms with E-state index in [0.717, 1.165) is 22.8 Å². The zero-order valence-electron chi connectivity index (χ0n) is 15.0. The molecule has 3 rings (SSSR count). The fraction of sp³-hybridized carbons (Fsp3) is 0.267. The Morgan fingerprint density at radius 1 is 1.07 bits per heavy atom. The Balaban J connectivity index is 2.24. The molecule has 160 valence electrons. The Morgan fingerprint density at radius 2 is 1.63 bits per heavy atom. The quantitative estimate of drug-likeness (QED) is 0.253. The van der Waals surface area contributed by atoms with Crippen LogP contribution in [0.15, 0.2) is 29.7 Å². The van der Waals surface area contributed by atoms with E-state index in [2.05, 4.69) is 15.1 Å². The van der Waals surface area contributed by atoms with Crippen molar-refractivity contribution >= 4 is 17.6 Å². The first-order valence-electron chi connectivity index (χ1n) is 7.80. The van der Waals surface area contributed by atoms with E-state index in [1.165, 1.54) is 17.9 Å². The second-order valence-corrected chi connectivity index (χ2v) is 6.66. The van der Waals surface area contributed by atoms with Gasteiger partial charge in [-0.15, -0.1) is 5.10 Å². The van der Waals surface area contributed by atoms with Gasteiger partial charge in [0.25, 0.3) is 0 Å². The number of imidazole rings is 1. The third kappa shape index (κ3) is 3.96. The van der Waals surface area contributed by atoms with Gasteiger partial charge >= 0.3 is 18.2 Å². The number of aromatic nitrogens is 5. The van der Waals surface area contributed by atoms with Crippen LogP contribution in [0.1, 0.15) is 11.1 Å². The van der Waals surface area contributed by atoms with E-state index in [-0.39, 0.29) is 17.0 Å². The van der Waals surface area contributed by atoms with Gasteiger partial charge in [-0.3, -0.25) is 4.57 Å². The Hall–Kier alpha value is -3.10. The number of hydrogen-bond acceptors (Lipinski definition) is 6. The number of benzene rings is 1. The normalized spacial score (nSPS) is 12.4. The maximum atomic E-state index is 13.1. The largest absolute Gasteiger partial charge is 0.416 e. The summed E-state index contributed by atoms with van der Waals surface area (Å²) in [5.74, 6) is -1.23. The van der Waals surface area contributed by atoms with Crippen LogP contribution in [0.4, 0.5) is 32.2 Å². The Bertz CT molecular complexity index is 1090. The highest BCUT2D eigenvalue weighted by molar-refractivity contribution is 7.98. The minimum absolute atomic E-state index is 0.00247. The fourth-order valence-corrected chi connectivity index (χ4v) is 3.04. The predicted molar refractivity (Wildman–Crippen MR) is 92.0 cm³/mol. The monoisotopic (exact) mass is 452 g/mol. The SMILES string of the molecule is CSc1nc(-c2cc(C(F)(F)F)cc(C(F)(F)F)c2)nn1-c1c([N+](=O)[O-])ncn1C. The molecule has 8 nitrogen and oxygen atoms in total. The van der Waals surface area contributed by atoms with Gasteiger partial charge in [0.15, 0.2) is 11.0 Å². The second-order valence-electron chi connectivity index (χ2n) is 5.89. The van der Waals surface area contributed by atoms with Crippen LogP contribution >= 0.6 is 11.8 Å². The molecule has 15 heteroatoms. The second kappa shape index (κ2) is 7.30. The number of alkyl halides is 6. The molecule has 0 spiro atoms. The zero-order valence-corrected chi connectivity index (χ0v) is 15.8. The van der Waals surface area contributed by atoms with Gasteiger partial charge in [-0.25, -0.2) is 4.98 Å². The lowest BCUT2D eigenvalue weighted by molar-refractivity contribution is -0.389. The summed E-state index contributed by atoms with van der Waals surface area (Å²) in [6.45, 7) is 0. The van der Waals surface area contributed by atoms with Crippen LogP contribution < -0.4 is 0 Å². The van der Waals surface area contributed by atoms with Crippen molar-refractivity contribution in [2.24, 2.45) is 7.05 Å². The molecule has 0 aliphatic carbocycles. The minimum Gasteiger partial charge on any atom is -0.358 e. The molecular weight excluding hydrogens is 442 g/mol. The molecular formula is C15H10F6N6O2S. The van der Waals surface area contributed by atoms with E-state index in [9.17, 15) is 36.5 Å². The van der Waals surface area contributed by atoms with Gasteiger partial charge in [0.2, 0.25) is 12.1 Å². The topological polar surface area (TPSA) is 91.7 Å². The molecule has 0 amide bonds. The molecule has 2 aromatic heterocycles. The van der Waals surface area contributed by atoms with Gasteiger partial charge in [0.05, 0.1) is 11.1 Å². The van der Waals surface area contributed by atoms with Crippen molar-refractivity contribution in [3.05, 3.63) is 45.8 Å². The number of nitrogens with zero attached hydrogens (tertiary/aromatic N) is 6. The van der Waals surface area contributed by atoms with E-state index < -0.39 is 45.6 Å². The van der Waals surface area contributed by atoms with E-state index in [1.54, 1.807) is 0 Å². The van der Waals surface area contributed by atoms with Crippen molar-refractivity contribution in [2.45, 2.75) is 17.5 Å². The van der Waals surface area contributed by atoms with Crippen LogP contribution in [-0.4, -0.2) is 35.5 Å². The lowest BCUT2D eigenvalue weighted by atomic mass is 10.0. The molecule has 0 saturated heterocycles. The number of nitro groups is 1. The number of hydrogen-bond donors (Lipinski definition) is 0. The van der Waals surface area contributed by atoms with Crippen molar-refractivity contribution in [1.29, 1.82) is 0 Å². The first-order valence-corrected chi connectivity index (χ1v) is 9.02. The van der Waals surface area contributed by atoms with Crippen molar-refractivity contribution in [2.75, 3.05) is 6.26 Å². The van der Waals surface area contributed by atoms with E-state index >= 15 is 0 Å². The van der Waals surface area contributed by atoms with Gasteiger partial charge < -0.3 is 10.1 Å². The molecule has 0 saturated carbocycles. The number of halogens is 6. The summed E-state index contributed by atoms with van der Waals surface area (Å²) in [4.78, 5) is 18.0. The van der Waals surface area contributed by atoms with Crippen molar-refractivity contribution in [3.63, 3.8) is 0 Å². The summed E-state index contributed by atoms with van der Waals surface area (Å²) in [5.41, 5.74) is -3.60. The zero-order chi connectivity index (χ0) is 22.4. The summed E-state index contributed by atoms with van der Waals surface area (Å²) >= 11 is 0.939. The lowest BCUT2D eigenvalue weighted by Gasteiger charge is -2.13. The molecule has 0 atom stereocenters. The molecule has 0 aliphatic heterocycles. The van der Waals surface area contributed by atoms with Gasteiger partial charge in [-0.05, 0) is 34.4 Å². The highest BCUT2D eigenvalue weighted by atomic mass is 32.2. The standard InChI is InChI=1S/C15H10F6N6O2S/c1-25-6-22-11(27(28)29)12(25)26-13(30-2)23-10(24-26)7-3-8(14(16,17)18)5-9(4-7)15(19,20)21/h3-6H,1-2H3. The molecule has 0 unspecified atom stereocenters. The Morgan fingerprint density at radius 3 is 2.10 bits per heavy atom. The summed E-state index contributed by atoms with van der Waals surface area (Å²) in [5, 5.41) is 15.1. The highest BCUT2D eigenvalue weighted by Gasteiger charge is 2.37. The van der Waals surface area contributed by atoms with E-state index in [1.807, 2.05) is 0 Å². The lowest BCUT2D eigenvalue weighted by Crippen LogP contribution is -2.11. The van der Waals surface area contributed by atoms with Crippen LogP contribution in [0.3, 0.4) is 0 Å². The number of aryl methyl sites for hydroxylation is 1. The summed E-state index contributed by atoms with van der Waals surface area (Å²) in [6, 6.07) is 0.954. The van der Waals surface area contributed by atoms with Gasteiger partial charge in [0.1, 0.15) is 0 Å². The average Bonchev–Trinajstić information content (AvgIpc) is 3.22. The molecule has 0 aliphatic rings. The first-order chi connectivity index (χ1) is 13.8. The van der Waals surface area contributed by atoms with Crippen LogP contribution in [0.5, 0.6) is 0 Å². The highest BCUT2D eigenvalue weighted by Crippen LogP contribution is 2.38. The number of thioether (sulfide) groups is 1. The molecule has 1 aromatic carbocycles. The average molecular weight is 452 g/mol. The molecule has 2 heterocycles. The van der Waals surface area contributed by atoms with Crippen LogP contribution in [-0.2, 0) is 19.4 Å². The van der Waals surface area contributed by atoms with Gasteiger partial charge in [0, 0.05) is 12.6 Å². The third-order valence-electron chi connectivity index (χ3n) is 3.87. The Kier molecular flexibility index (Phi) is 5.26. The fourth-order valence-electron chi connectivity index (χ4n) is 2.56. The molecule has 0 fully saturated rings. The molecule has 3 aromatic rings. The van der Waals surface area contributed by atoms with Crippen LogP contribution in [0.25, 0.3) is 17.2 Å². The minimum atomic E-state index is -5.04. The summed E-state index contributed by atoms with van der Waals surface area (Å²) in [7, 11) is 1.41. The van der Waals surface area contributed by atoms with Gasteiger partial charge in [-0.1, -0.05) is 11.8 Å². The summed E-state index contributed by atoms with van der Waals surface area (Å²) < 4.78 is 80.9. The maximum Gasteiger partial charge on any atom is 0.416 e. The van der Waals surface area contributed by atoms with Crippen LogP contribution in [0.2, 0.25) is 0 Å². The van der Waals surface area contributed by atoms with Crippen molar-refractivity contribution < 1.29 is 31.3 Å². The summed E-state index contributed by atoms with van der Waals surface area (Å²) in [6.07, 6.45) is -7.45. The smallest absolute Gasteiger partial charge is 0.358 e. The Labute approximate surface area is 167 Å². The molecule has 0 N–H and O–H groups in total. The van der Waals surface area contributed by atoms with Crippen molar-refractivity contribution in [1.82, 2.24) is 24.3 Å². The third-order valence-corrected chi connectivity index (χ3v) is 4.50. The van der Waals surface area contributed by atoms with Crippen molar-refractivity contribution in [3.8, 4) is 17.2 Å². The first kappa shape index (κ1) is 21.6.